The molecule has 0 radical (unpaired) electrons. The molecule has 0 aromatic heterocycles. The number of esters is 1. The molecule has 0 aliphatic carbocycles. The summed E-state index contributed by atoms with van der Waals surface area (Å²) in [5.41, 5.74) is 1.12. The van der Waals surface area contributed by atoms with Crippen LogP contribution in [0, 0.1) is 0 Å². The normalized spacial score (nSPS) is 13.2. The Bertz CT molecular complexity index is 814. The smallest absolute Gasteiger partial charge is 0.338 e. The van der Waals surface area contributed by atoms with Gasteiger partial charge in [0.1, 0.15) is 0 Å². The van der Waals surface area contributed by atoms with Gasteiger partial charge in [0.2, 0.25) is 0 Å². The molecule has 1 heterocycles. The van der Waals surface area contributed by atoms with Gasteiger partial charge in [0, 0.05) is 5.02 Å². The Balaban J connectivity index is 2.00. The molecule has 0 bridgehead atoms. The van der Waals surface area contributed by atoms with Crippen molar-refractivity contribution in [1.82, 2.24) is 0 Å². The number of nitrogens with zero attached hydrogens (tertiary/aromatic N) is 1. The highest BCUT2D eigenvalue weighted by atomic mass is 35.5. The van der Waals surface area contributed by atoms with E-state index in [9.17, 15) is 14.4 Å². The monoisotopic (exact) mass is 329 g/mol. The molecule has 0 atom stereocenters. The summed E-state index contributed by atoms with van der Waals surface area (Å²) >= 11 is 5.83. The van der Waals surface area contributed by atoms with Gasteiger partial charge in [0.25, 0.3) is 11.8 Å². The summed E-state index contributed by atoms with van der Waals surface area (Å²) in [4.78, 5) is 37.8. The lowest BCUT2D eigenvalue weighted by atomic mass is 10.1. The van der Waals surface area contributed by atoms with Crippen LogP contribution in [0.5, 0.6) is 0 Å². The van der Waals surface area contributed by atoms with E-state index in [0.29, 0.717) is 10.7 Å². The minimum Gasteiger partial charge on any atom is -0.462 e. The maximum atomic E-state index is 12.5. The highest BCUT2D eigenvalue weighted by molar-refractivity contribution is 6.35. The average Bonchev–Trinajstić information content (AvgIpc) is 2.80. The van der Waals surface area contributed by atoms with Crippen LogP contribution in [0.4, 0.5) is 5.69 Å². The number of anilines is 1. The second-order valence-corrected chi connectivity index (χ2v) is 5.34. The topological polar surface area (TPSA) is 63.7 Å². The molecule has 0 spiro atoms. The maximum Gasteiger partial charge on any atom is 0.338 e. The molecule has 0 saturated heterocycles. The van der Waals surface area contributed by atoms with E-state index < -0.39 is 17.8 Å². The summed E-state index contributed by atoms with van der Waals surface area (Å²) in [6.45, 7) is 1.93. The largest absolute Gasteiger partial charge is 0.462 e. The summed E-state index contributed by atoms with van der Waals surface area (Å²) < 4.78 is 4.91. The first-order valence-electron chi connectivity index (χ1n) is 6.98. The number of benzene rings is 2. The number of rotatable bonds is 3. The van der Waals surface area contributed by atoms with Crippen molar-refractivity contribution in [3.63, 3.8) is 0 Å². The zero-order valence-corrected chi connectivity index (χ0v) is 13.0. The predicted octanol–water partition coefficient (Wildman–Crippen LogP) is 3.32. The van der Waals surface area contributed by atoms with Gasteiger partial charge in [-0.05, 0) is 49.4 Å². The van der Waals surface area contributed by atoms with Gasteiger partial charge in [0.05, 0.1) is 29.0 Å². The van der Waals surface area contributed by atoms with E-state index in [1.807, 2.05) is 0 Å². The Hall–Kier alpha value is -2.66. The second kappa shape index (κ2) is 5.85. The van der Waals surface area contributed by atoms with Crippen molar-refractivity contribution in [3.8, 4) is 0 Å². The van der Waals surface area contributed by atoms with E-state index in [4.69, 9.17) is 16.3 Å². The number of carbonyl (C=O) groups is 3. The SMILES string of the molecule is CCOC(=O)c1ccc2c(c1)C(=O)N(c1ccc(Cl)cc1)C2=O. The number of hydrogen-bond acceptors (Lipinski definition) is 4. The van der Waals surface area contributed by atoms with Crippen LogP contribution >= 0.6 is 11.6 Å². The molecule has 0 unspecified atom stereocenters. The summed E-state index contributed by atoms with van der Waals surface area (Å²) in [5.74, 6) is -1.43. The molecule has 0 fully saturated rings. The van der Waals surface area contributed by atoms with Gasteiger partial charge in [-0.2, -0.15) is 0 Å². The zero-order valence-electron chi connectivity index (χ0n) is 12.2. The molecule has 2 amide bonds. The van der Waals surface area contributed by atoms with Crippen LogP contribution in [-0.2, 0) is 4.74 Å². The van der Waals surface area contributed by atoms with Crippen molar-refractivity contribution in [2.24, 2.45) is 0 Å². The van der Waals surface area contributed by atoms with E-state index in [0.717, 1.165) is 4.90 Å². The first kappa shape index (κ1) is 15.2. The molecule has 116 valence electrons. The predicted molar refractivity (Wildman–Crippen MR) is 85.0 cm³/mol. The lowest BCUT2D eigenvalue weighted by Crippen LogP contribution is -2.29. The van der Waals surface area contributed by atoms with E-state index in [1.54, 1.807) is 31.2 Å². The minimum absolute atomic E-state index is 0.190. The Kier molecular flexibility index (Phi) is 3.88. The van der Waals surface area contributed by atoms with Crippen LogP contribution in [0.15, 0.2) is 42.5 Å². The molecule has 1 aliphatic rings. The minimum atomic E-state index is -0.527. The summed E-state index contributed by atoms with van der Waals surface area (Å²) in [6.07, 6.45) is 0. The van der Waals surface area contributed by atoms with E-state index in [2.05, 4.69) is 0 Å². The molecule has 3 rings (SSSR count). The molecule has 23 heavy (non-hydrogen) atoms. The van der Waals surface area contributed by atoms with Crippen molar-refractivity contribution in [2.45, 2.75) is 6.92 Å². The number of imide groups is 1. The third-order valence-corrected chi connectivity index (χ3v) is 3.73. The van der Waals surface area contributed by atoms with Crippen molar-refractivity contribution in [1.29, 1.82) is 0 Å². The molecule has 0 saturated carbocycles. The third kappa shape index (κ3) is 2.59. The van der Waals surface area contributed by atoms with Crippen molar-refractivity contribution in [2.75, 3.05) is 11.5 Å². The van der Waals surface area contributed by atoms with Crippen LogP contribution in [0.25, 0.3) is 0 Å². The van der Waals surface area contributed by atoms with Gasteiger partial charge in [-0.25, -0.2) is 9.69 Å². The van der Waals surface area contributed by atoms with Gasteiger partial charge >= 0.3 is 5.97 Å². The molecule has 2 aromatic rings. The Morgan fingerprint density at radius 1 is 1.04 bits per heavy atom. The summed E-state index contributed by atoms with van der Waals surface area (Å²) in [6, 6.07) is 10.7. The quantitative estimate of drug-likeness (QED) is 0.640. The van der Waals surface area contributed by atoms with E-state index >= 15 is 0 Å². The maximum absolute atomic E-state index is 12.5. The lowest BCUT2D eigenvalue weighted by Gasteiger charge is -2.13. The average molecular weight is 330 g/mol. The van der Waals surface area contributed by atoms with Crippen LogP contribution in [0.3, 0.4) is 0 Å². The van der Waals surface area contributed by atoms with Gasteiger partial charge in [-0.15, -0.1) is 0 Å². The molecule has 5 nitrogen and oxygen atoms in total. The van der Waals surface area contributed by atoms with Crippen molar-refractivity contribution < 1.29 is 19.1 Å². The molecule has 6 heteroatoms. The molecule has 2 aromatic carbocycles. The van der Waals surface area contributed by atoms with Crippen molar-refractivity contribution in [3.05, 3.63) is 64.2 Å². The number of fused-ring (bicyclic) bond motifs is 1. The molecular weight excluding hydrogens is 318 g/mol. The fourth-order valence-corrected chi connectivity index (χ4v) is 2.53. The highest BCUT2D eigenvalue weighted by Gasteiger charge is 2.37. The summed E-state index contributed by atoms with van der Waals surface area (Å²) in [7, 11) is 0. The van der Waals surface area contributed by atoms with E-state index in [-0.39, 0.29) is 23.3 Å². The lowest BCUT2D eigenvalue weighted by molar-refractivity contribution is 0.0526. The fraction of sp³-hybridized carbons (Fsp3) is 0.118. The van der Waals surface area contributed by atoms with Gasteiger partial charge in [-0.3, -0.25) is 9.59 Å². The Labute approximate surface area is 137 Å². The molecule has 1 aliphatic heterocycles. The van der Waals surface area contributed by atoms with Crippen LogP contribution in [0.1, 0.15) is 38.0 Å². The van der Waals surface area contributed by atoms with Gasteiger partial charge < -0.3 is 4.74 Å². The standard InChI is InChI=1S/C17H12ClNO4/c1-2-23-17(22)10-3-8-13-14(9-10)16(21)19(15(13)20)12-6-4-11(18)5-7-12/h3-9H,2H2,1H3. The Morgan fingerprint density at radius 3 is 2.35 bits per heavy atom. The van der Waals surface area contributed by atoms with Gasteiger partial charge in [-0.1, -0.05) is 11.6 Å². The van der Waals surface area contributed by atoms with E-state index in [1.165, 1.54) is 18.2 Å². The number of ether oxygens (including phenoxy) is 1. The molecule has 0 N–H and O–H groups in total. The molecular formula is C17H12ClNO4. The first-order chi connectivity index (χ1) is 11.0. The number of amides is 2. The first-order valence-corrected chi connectivity index (χ1v) is 7.36. The summed E-state index contributed by atoms with van der Waals surface area (Å²) in [5, 5.41) is 0.509. The number of halogens is 1. The van der Waals surface area contributed by atoms with Gasteiger partial charge in [0.15, 0.2) is 0 Å². The zero-order chi connectivity index (χ0) is 16.6. The second-order valence-electron chi connectivity index (χ2n) is 4.90. The highest BCUT2D eigenvalue weighted by Crippen LogP contribution is 2.29. The van der Waals surface area contributed by atoms with Crippen LogP contribution in [-0.4, -0.2) is 24.4 Å². The Morgan fingerprint density at radius 2 is 1.70 bits per heavy atom. The van der Waals surface area contributed by atoms with Crippen LogP contribution in [0.2, 0.25) is 5.02 Å². The third-order valence-electron chi connectivity index (χ3n) is 3.48. The van der Waals surface area contributed by atoms with Crippen LogP contribution < -0.4 is 4.90 Å². The van der Waals surface area contributed by atoms with Crippen molar-refractivity contribution >= 4 is 35.1 Å². The number of hydrogen-bond donors (Lipinski definition) is 0. The fourth-order valence-electron chi connectivity index (χ4n) is 2.41. The number of carbonyl (C=O) groups excluding carboxylic acids is 3.